The van der Waals surface area contributed by atoms with Gasteiger partial charge in [0.1, 0.15) is 0 Å². The lowest BCUT2D eigenvalue weighted by molar-refractivity contribution is 0.0647. The maximum Gasteiger partial charge on any atom is 0.0161 e. The minimum absolute atomic E-state index is 0.114. The van der Waals surface area contributed by atoms with E-state index in [9.17, 15) is 0 Å². The lowest BCUT2D eigenvalue weighted by atomic mass is 9.74. The van der Waals surface area contributed by atoms with Crippen LogP contribution in [-0.2, 0) is 0 Å². The van der Waals surface area contributed by atoms with E-state index in [1.54, 1.807) is 0 Å². The normalized spacial score (nSPS) is 29.4. The Morgan fingerprint density at radius 1 is 1.06 bits per heavy atom. The molecule has 1 fully saturated rings. The average molecular weight is 226 g/mol. The van der Waals surface area contributed by atoms with Gasteiger partial charge in [0.25, 0.3) is 0 Å². The average Bonchev–Trinajstić information content (AvgIpc) is 1.97. The van der Waals surface area contributed by atoms with E-state index >= 15 is 0 Å². The molecule has 2 N–H and O–H groups in total. The van der Waals surface area contributed by atoms with Gasteiger partial charge in [-0.1, -0.05) is 27.7 Å². The Morgan fingerprint density at radius 2 is 1.50 bits per heavy atom. The molecule has 1 saturated heterocycles. The van der Waals surface area contributed by atoms with Gasteiger partial charge in [-0.05, 0) is 37.5 Å². The highest BCUT2D eigenvalue weighted by Crippen LogP contribution is 2.31. The van der Waals surface area contributed by atoms with Crippen LogP contribution in [0.2, 0.25) is 0 Å². The van der Waals surface area contributed by atoms with Crippen molar-refractivity contribution < 1.29 is 0 Å². The highest BCUT2D eigenvalue weighted by molar-refractivity contribution is 4.93. The van der Waals surface area contributed by atoms with Gasteiger partial charge in [-0.15, -0.1) is 0 Å². The Hall–Kier alpha value is -0.0800. The molecule has 0 aromatic rings. The zero-order chi connectivity index (χ0) is 12.6. The smallest absolute Gasteiger partial charge is 0.0161 e. The fourth-order valence-corrected chi connectivity index (χ4v) is 2.68. The van der Waals surface area contributed by atoms with Crippen LogP contribution in [0.15, 0.2) is 0 Å². The zero-order valence-corrected chi connectivity index (χ0v) is 12.0. The summed E-state index contributed by atoms with van der Waals surface area (Å²) < 4.78 is 0. The van der Waals surface area contributed by atoms with Gasteiger partial charge in [0.2, 0.25) is 0 Å². The van der Waals surface area contributed by atoms with Crippen molar-refractivity contribution in [3.63, 3.8) is 0 Å². The molecule has 1 aliphatic rings. The Labute approximate surface area is 102 Å². The van der Waals surface area contributed by atoms with Crippen molar-refractivity contribution in [2.24, 2.45) is 23.0 Å². The molecule has 2 unspecified atom stereocenters. The van der Waals surface area contributed by atoms with E-state index in [1.165, 1.54) is 19.5 Å². The largest absolute Gasteiger partial charge is 0.325 e. The van der Waals surface area contributed by atoms with Gasteiger partial charge in [-0.3, -0.25) is 0 Å². The monoisotopic (exact) mass is 226 g/mol. The van der Waals surface area contributed by atoms with Crippen LogP contribution < -0.4 is 5.73 Å². The topological polar surface area (TPSA) is 29.3 Å². The summed E-state index contributed by atoms with van der Waals surface area (Å²) in [5.41, 5.74) is 6.33. The molecule has 2 heteroatoms. The molecule has 0 aromatic heterocycles. The predicted molar refractivity (Wildman–Crippen MR) is 71.4 cm³/mol. The molecule has 0 saturated carbocycles. The first-order chi connectivity index (χ1) is 7.12. The minimum atomic E-state index is -0.114. The first-order valence-electron chi connectivity index (χ1n) is 6.63. The Kier molecular flexibility index (Phi) is 4.07. The van der Waals surface area contributed by atoms with Crippen LogP contribution in [0.1, 0.15) is 48.0 Å². The number of nitrogens with two attached hydrogens (primary N) is 1. The Balaban J connectivity index is 2.60. The third kappa shape index (κ3) is 3.46. The van der Waals surface area contributed by atoms with Gasteiger partial charge in [0.05, 0.1) is 0 Å². The molecule has 0 radical (unpaired) electrons. The molecule has 0 amide bonds. The molecule has 1 rings (SSSR count). The highest BCUT2D eigenvalue weighted by Gasteiger charge is 2.36. The van der Waals surface area contributed by atoms with Crippen LogP contribution in [0.25, 0.3) is 0 Å². The Bertz CT molecular complexity index is 217. The first kappa shape index (κ1) is 14.0. The number of hydrogen-bond acceptors (Lipinski definition) is 2. The van der Waals surface area contributed by atoms with E-state index in [-0.39, 0.29) is 11.0 Å². The number of likely N-dealkylation sites (tertiary alicyclic amines) is 1. The SMILES string of the molecule is CC1CC(C)CN(CC(C)(C)C(C)(C)N)C1. The summed E-state index contributed by atoms with van der Waals surface area (Å²) in [6.45, 7) is 17.2. The van der Waals surface area contributed by atoms with Crippen molar-refractivity contribution in [3.05, 3.63) is 0 Å². The molecule has 1 heterocycles. The number of nitrogens with zero attached hydrogens (tertiary/aromatic N) is 1. The quantitative estimate of drug-likeness (QED) is 0.802. The van der Waals surface area contributed by atoms with Gasteiger partial charge in [0, 0.05) is 25.2 Å². The van der Waals surface area contributed by atoms with Crippen molar-refractivity contribution >= 4 is 0 Å². The summed E-state index contributed by atoms with van der Waals surface area (Å²) in [5.74, 6) is 1.67. The van der Waals surface area contributed by atoms with Crippen LogP contribution in [0.5, 0.6) is 0 Å². The Morgan fingerprint density at radius 3 is 1.88 bits per heavy atom. The predicted octanol–water partition coefficient (Wildman–Crippen LogP) is 2.73. The van der Waals surface area contributed by atoms with Gasteiger partial charge in [-0.2, -0.15) is 0 Å². The summed E-state index contributed by atoms with van der Waals surface area (Å²) in [5, 5.41) is 0. The fourth-order valence-electron chi connectivity index (χ4n) is 2.68. The molecule has 0 spiro atoms. The molecule has 0 aliphatic carbocycles. The number of hydrogen-bond donors (Lipinski definition) is 1. The first-order valence-corrected chi connectivity index (χ1v) is 6.63. The third-order valence-electron chi connectivity index (χ3n) is 4.31. The second kappa shape index (κ2) is 4.66. The van der Waals surface area contributed by atoms with Crippen molar-refractivity contribution in [1.29, 1.82) is 0 Å². The standard InChI is InChI=1S/C14H30N2/c1-11-7-12(2)9-16(8-11)10-13(3,4)14(5,6)15/h11-12H,7-10,15H2,1-6H3. The number of rotatable bonds is 3. The van der Waals surface area contributed by atoms with Gasteiger partial charge in [0.15, 0.2) is 0 Å². The lowest BCUT2D eigenvalue weighted by Crippen LogP contribution is -2.54. The van der Waals surface area contributed by atoms with Crippen molar-refractivity contribution in [2.75, 3.05) is 19.6 Å². The van der Waals surface area contributed by atoms with Gasteiger partial charge < -0.3 is 10.6 Å². The highest BCUT2D eigenvalue weighted by atomic mass is 15.1. The van der Waals surface area contributed by atoms with Crippen molar-refractivity contribution in [2.45, 2.75) is 53.5 Å². The minimum Gasteiger partial charge on any atom is -0.325 e. The molecule has 0 aromatic carbocycles. The molecular formula is C14H30N2. The zero-order valence-electron chi connectivity index (χ0n) is 12.0. The van der Waals surface area contributed by atoms with Gasteiger partial charge >= 0.3 is 0 Å². The van der Waals surface area contributed by atoms with E-state index < -0.39 is 0 Å². The summed E-state index contributed by atoms with van der Waals surface area (Å²) in [4.78, 5) is 2.60. The summed E-state index contributed by atoms with van der Waals surface area (Å²) in [6, 6.07) is 0. The van der Waals surface area contributed by atoms with Crippen LogP contribution >= 0.6 is 0 Å². The molecule has 96 valence electrons. The maximum absolute atomic E-state index is 6.27. The van der Waals surface area contributed by atoms with E-state index in [1.807, 2.05) is 0 Å². The van der Waals surface area contributed by atoms with E-state index in [0.29, 0.717) is 0 Å². The van der Waals surface area contributed by atoms with Crippen LogP contribution in [0, 0.1) is 17.3 Å². The third-order valence-corrected chi connectivity index (χ3v) is 4.31. The van der Waals surface area contributed by atoms with E-state index in [2.05, 4.69) is 46.4 Å². The second-order valence-corrected chi connectivity index (χ2v) is 7.25. The molecule has 16 heavy (non-hydrogen) atoms. The molecule has 0 bridgehead atoms. The molecule has 2 nitrogen and oxygen atoms in total. The summed E-state index contributed by atoms with van der Waals surface area (Å²) in [6.07, 6.45) is 1.38. The maximum atomic E-state index is 6.27. The van der Waals surface area contributed by atoms with Crippen LogP contribution in [-0.4, -0.2) is 30.1 Å². The van der Waals surface area contributed by atoms with Gasteiger partial charge in [-0.25, -0.2) is 0 Å². The number of piperidine rings is 1. The molecular weight excluding hydrogens is 196 g/mol. The van der Waals surface area contributed by atoms with E-state index in [0.717, 1.165) is 18.4 Å². The van der Waals surface area contributed by atoms with Crippen molar-refractivity contribution in [1.82, 2.24) is 4.90 Å². The van der Waals surface area contributed by atoms with Crippen molar-refractivity contribution in [3.8, 4) is 0 Å². The van der Waals surface area contributed by atoms with Crippen LogP contribution in [0.3, 0.4) is 0 Å². The molecule has 1 aliphatic heterocycles. The fraction of sp³-hybridized carbons (Fsp3) is 1.00. The second-order valence-electron chi connectivity index (χ2n) is 7.25. The van der Waals surface area contributed by atoms with E-state index in [4.69, 9.17) is 5.73 Å². The van der Waals surface area contributed by atoms with Crippen LogP contribution in [0.4, 0.5) is 0 Å². The molecule has 2 atom stereocenters. The summed E-state index contributed by atoms with van der Waals surface area (Å²) in [7, 11) is 0. The summed E-state index contributed by atoms with van der Waals surface area (Å²) >= 11 is 0. The lowest BCUT2D eigenvalue weighted by Gasteiger charge is -2.45.